The maximum absolute atomic E-state index is 5.66. The SMILES string of the molecule is CCC1OCCC1CNC1=NCC(C)S1. The van der Waals surface area contributed by atoms with Crippen LogP contribution >= 0.6 is 11.8 Å². The summed E-state index contributed by atoms with van der Waals surface area (Å²) in [6.45, 7) is 7.34. The molecule has 15 heavy (non-hydrogen) atoms. The van der Waals surface area contributed by atoms with Gasteiger partial charge in [0.05, 0.1) is 12.6 Å². The van der Waals surface area contributed by atoms with Crippen molar-refractivity contribution in [3.8, 4) is 0 Å². The Balaban J connectivity index is 1.73. The van der Waals surface area contributed by atoms with E-state index in [0.717, 1.165) is 31.3 Å². The Hall–Kier alpha value is -0.220. The maximum atomic E-state index is 5.66. The number of nitrogens with zero attached hydrogens (tertiary/aromatic N) is 1. The van der Waals surface area contributed by atoms with Crippen LogP contribution in [-0.2, 0) is 4.74 Å². The van der Waals surface area contributed by atoms with Crippen LogP contribution in [0.5, 0.6) is 0 Å². The van der Waals surface area contributed by atoms with Crippen molar-refractivity contribution in [1.82, 2.24) is 5.32 Å². The van der Waals surface area contributed by atoms with Crippen LogP contribution in [0, 0.1) is 5.92 Å². The number of hydrogen-bond donors (Lipinski definition) is 1. The lowest BCUT2D eigenvalue weighted by Gasteiger charge is -2.17. The molecule has 1 saturated heterocycles. The molecule has 2 aliphatic rings. The molecule has 2 rings (SSSR count). The highest BCUT2D eigenvalue weighted by atomic mass is 32.2. The summed E-state index contributed by atoms with van der Waals surface area (Å²) in [5, 5.41) is 5.23. The standard InChI is InChI=1S/C11H20N2OS/c1-3-10-9(4-5-14-10)7-13-11-12-6-8(2)15-11/h8-10H,3-7H2,1-2H3,(H,12,13). The monoisotopic (exact) mass is 228 g/mol. The van der Waals surface area contributed by atoms with Crippen molar-refractivity contribution in [2.75, 3.05) is 19.7 Å². The number of rotatable bonds is 3. The Bertz CT molecular complexity index is 245. The summed E-state index contributed by atoms with van der Waals surface area (Å²) < 4.78 is 5.66. The zero-order chi connectivity index (χ0) is 10.7. The van der Waals surface area contributed by atoms with Gasteiger partial charge in [-0.15, -0.1) is 0 Å². The van der Waals surface area contributed by atoms with Crippen molar-refractivity contribution in [3.05, 3.63) is 0 Å². The summed E-state index contributed by atoms with van der Waals surface area (Å²) in [6.07, 6.45) is 2.78. The first-order valence-corrected chi connectivity index (χ1v) is 6.74. The minimum atomic E-state index is 0.460. The summed E-state index contributed by atoms with van der Waals surface area (Å²) in [6, 6.07) is 0. The Morgan fingerprint density at radius 3 is 3.13 bits per heavy atom. The number of hydrogen-bond acceptors (Lipinski definition) is 4. The lowest BCUT2D eigenvalue weighted by atomic mass is 10.00. The summed E-state index contributed by atoms with van der Waals surface area (Å²) in [4.78, 5) is 4.46. The molecule has 3 nitrogen and oxygen atoms in total. The van der Waals surface area contributed by atoms with Crippen LogP contribution < -0.4 is 5.32 Å². The van der Waals surface area contributed by atoms with Crippen molar-refractivity contribution in [2.45, 2.75) is 38.0 Å². The van der Waals surface area contributed by atoms with E-state index >= 15 is 0 Å². The second kappa shape index (κ2) is 5.21. The second-order valence-corrected chi connectivity index (χ2v) is 5.75. The number of thioether (sulfide) groups is 1. The molecule has 0 bridgehead atoms. The van der Waals surface area contributed by atoms with Gasteiger partial charge < -0.3 is 10.1 Å². The molecule has 86 valence electrons. The molecule has 2 heterocycles. The lowest BCUT2D eigenvalue weighted by molar-refractivity contribution is 0.0883. The maximum Gasteiger partial charge on any atom is 0.156 e. The molecule has 0 aromatic rings. The van der Waals surface area contributed by atoms with Gasteiger partial charge in [0.15, 0.2) is 5.17 Å². The summed E-state index contributed by atoms with van der Waals surface area (Å²) in [5.74, 6) is 0.675. The van der Waals surface area contributed by atoms with Crippen molar-refractivity contribution in [3.63, 3.8) is 0 Å². The van der Waals surface area contributed by atoms with E-state index in [1.165, 1.54) is 6.42 Å². The topological polar surface area (TPSA) is 33.6 Å². The Kier molecular flexibility index (Phi) is 3.92. The van der Waals surface area contributed by atoms with Crippen LogP contribution in [-0.4, -0.2) is 36.2 Å². The van der Waals surface area contributed by atoms with Crippen molar-refractivity contribution in [1.29, 1.82) is 0 Å². The molecule has 3 atom stereocenters. The molecule has 3 unspecified atom stereocenters. The predicted molar refractivity (Wildman–Crippen MR) is 65.5 cm³/mol. The van der Waals surface area contributed by atoms with Gasteiger partial charge in [-0.05, 0) is 12.8 Å². The van der Waals surface area contributed by atoms with Gasteiger partial charge >= 0.3 is 0 Å². The zero-order valence-corrected chi connectivity index (χ0v) is 10.3. The molecule has 2 aliphatic heterocycles. The highest BCUT2D eigenvalue weighted by Crippen LogP contribution is 2.24. The van der Waals surface area contributed by atoms with Crippen molar-refractivity contribution < 1.29 is 4.74 Å². The minimum absolute atomic E-state index is 0.460. The first-order chi connectivity index (χ1) is 7.29. The number of ether oxygens (including phenoxy) is 1. The number of amidine groups is 1. The van der Waals surface area contributed by atoms with Gasteiger partial charge in [0.1, 0.15) is 0 Å². The first-order valence-electron chi connectivity index (χ1n) is 5.86. The predicted octanol–water partition coefficient (Wildman–Crippen LogP) is 1.88. The molecular weight excluding hydrogens is 208 g/mol. The Labute approximate surface area is 96.1 Å². The molecule has 0 aromatic heterocycles. The normalized spacial score (nSPS) is 35.6. The molecule has 0 aliphatic carbocycles. The van der Waals surface area contributed by atoms with Crippen LogP contribution in [0.25, 0.3) is 0 Å². The molecule has 4 heteroatoms. The molecule has 1 fully saturated rings. The second-order valence-electron chi connectivity index (χ2n) is 4.32. The fourth-order valence-electron chi connectivity index (χ4n) is 2.17. The summed E-state index contributed by atoms with van der Waals surface area (Å²) in [7, 11) is 0. The van der Waals surface area contributed by atoms with Gasteiger partial charge in [0, 0.05) is 24.3 Å². The van der Waals surface area contributed by atoms with E-state index in [2.05, 4.69) is 24.2 Å². The lowest BCUT2D eigenvalue weighted by Crippen LogP contribution is -2.30. The number of aliphatic imine (C=N–C) groups is 1. The first kappa shape index (κ1) is 11.3. The quantitative estimate of drug-likeness (QED) is 0.801. The molecule has 1 N–H and O–H groups in total. The van der Waals surface area contributed by atoms with E-state index in [9.17, 15) is 0 Å². The van der Waals surface area contributed by atoms with E-state index in [1.807, 2.05) is 11.8 Å². The van der Waals surface area contributed by atoms with E-state index in [0.29, 0.717) is 17.3 Å². The molecule has 0 radical (unpaired) electrons. The zero-order valence-electron chi connectivity index (χ0n) is 9.53. The van der Waals surface area contributed by atoms with Crippen molar-refractivity contribution >= 4 is 16.9 Å². The Morgan fingerprint density at radius 1 is 1.60 bits per heavy atom. The van der Waals surface area contributed by atoms with Gasteiger partial charge in [0.25, 0.3) is 0 Å². The third-order valence-corrected chi connectivity index (χ3v) is 4.12. The molecular formula is C11H20N2OS. The highest BCUT2D eigenvalue weighted by Gasteiger charge is 2.27. The van der Waals surface area contributed by atoms with E-state index < -0.39 is 0 Å². The van der Waals surface area contributed by atoms with Gasteiger partial charge in [-0.1, -0.05) is 25.6 Å². The minimum Gasteiger partial charge on any atom is -0.378 e. The van der Waals surface area contributed by atoms with Crippen molar-refractivity contribution in [2.24, 2.45) is 10.9 Å². The van der Waals surface area contributed by atoms with Gasteiger partial charge in [-0.3, -0.25) is 4.99 Å². The fourth-order valence-corrected chi connectivity index (χ4v) is 3.02. The molecule has 0 aromatic carbocycles. The Morgan fingerprint density at radius 2 is 2.47 bits per heavy atom. The summed E-state index contributed by atoms with van der Waals surface area (Å²) >= 11 is 1.86. The van der Waals surface area contributed by atoms with Crippen LogP contribution in [0.1, 0.15) is 26.7 Å². The third kappa shape index (κ3) is 2.88. The van der Waals surface area contributed by atoms with E-state index in [1.54, 1.807) is 0 Å². The van der Waals surface area contributed by atoms with Crippen LogP contribution in [0.15, 0.2) is 4.99 Å². The average Bonchev–Trinajstić information content (AvgIpc) is 2.83. The van der Waals surface area contributed by atoms with Gasteiger partial charge in [-0.25, -0.2) is 0 Å². The van der Waals surface area contributed by atoms with E-state index in [-0.39, 0.29) is 0 Å². The van der Waals surface area contributed by atoms with Crippen LogP contribution in [0.3, 0.4) is 0 Å². The summed E-state index contributed by atoms with van der Waals surface area (Å²) in [5.41, 5.74) is 0. The largest absolute Gasteiger partial charge is 0.378 e. The van der Waals surface area contributed by atoms with Gasteiger partial charge in [0.2, 0.25) is 0 Å². The molecule has 0 amide bonds. The van der Waals surface area contributed by atoms with Gasteiger partial charge in [-0.2, -0.15) is 0 Å². The fraction of sp³-hybridized carbons (Fsp3) is 0.909. The highest BCUT2D eigenvalue weighted by molar-refractivity contribution is 8.14. The smallest absolute Gasteiger partial charge is 0.156 e. The molecule has 0 saturated carbocycles. The van der Waals surface area contributed by atoms with E-state index in [4.69, 9.17) is 4.74 Å². The average molecular weight is 228 g/mol. The third-order valence-electron chi connectivity index (χ3n) is 3.07. The molecule has 0 spiro atoms. The number of nitrogens with one attached hydrogen (secondary N) is 1. The van der Waals surface area contributed by atoms with Crippen LogP contribution in [0.4, 0.5) is 0 Å². The van der Waals surface area contributed by atoms with Crippen LogP contribution in [0.2, 0.25) is 0 Å².